The number of ether oxygens (including phenoxy) is 2. The first-order chi connectivity index (χ1) is 8.77. The topological polar surface area (TPSA) is 18.5 Å². The highest BCUT2D eigenvalue weighted by Gasteiger charge is 2.67. The fourth-order valence-corrected chi connectivity index (χ4v) is 6.16. The lowest BCUT2D eigenvalue weighted by atomic mass is 9.39. The van der Waals surface area contributed by atoms with Gasteiger partial charge < -0.3 is 9.47 Å². The zero-order valence-electron chi connectivity index (χ0n) is 10.9. The lowest BCUT2D eigenvalue weighted by molar-refractivity contribution is -0.259. The third kappa shape index (κ3) is 1.19. The summed E-state index contributed by atoms with van der Waals surface area (Å²) in [6.07, 6.45) is 10.6. The van der Waals surface area contributed by atoms with Crippen LogP contribution in [-0.4, -0.2) is 12.2 Å². The van der Waals surface area contributed by atoms with E-state index in [2.05, 4.69) is 13.2 Å². The Morgan fingerprint density at radius 2 is 1.61 bits per heavy atom. The molecule has 0 radical (unpaired) electrons. The van der Waals surface area contributed by atoms with Crippen molar-refractivity contribution < 1.29 is 9.47 Å². The zero-order chi connectivity index (χ0) is 12.3. The molecule has 0 saturated heterocycles. The first-order valence-corrected chi connectivity index (χ1v) is 7.30. The zero-order valence-corrected chi connectivity index (χ0v) is 10.9. The summed E-state index contributed by atoms with van der Waals surface area (Å²) in [7, 11) is 0. The Labute approximate surface area is 109 Å². The largest absolute Gasteiger partial charge is 0.494 e. The lowest BCUT2D eigenvalue weighted by Crippen LogP contribution is -2.68. The van der Waals surface area contributed by atoms with Crippen molar-refractivity contribution >= 4 is 0 Å². The van der Waals surface area contributed by atoms with Crippen LogP contribution in [0, 0.1) is 29.1 Å². The van der Waals surface area contributed by atoms with Crippen LogP contribution in [0.5, 0.6) is 0 Å². The molecule has 6 fully saturated rings. The van der Waals surface area contributed by atoms with Gasteiger partial charge in [-0.25, -0.2) is 0 Å². The molecule has 6 rings (SSSR count). The second-order valence-corrected chi connectivity index (χ2v) is 6.90. The van der Waals surface area contributed by atoms with Crippen LogP contribution in [0.4, 0.5) is 0 Å². The van der Waals surface area contributed by atoms with Gasteiger partial charge in [0.05, 0.1) is 12.5 Å². The van der Waals surface area contributed by atoms with Crippen LogP contribution in [0.3, 0.4) is 0 Å². The minimum absolute atomic E-state index is 0.216. The van der Waals surface area contributed by atoms with Crippen LogP contribution in [-0.2, 0) is 9.47 Å². The molecule has 6 aliphatic carbocycles. The van der Waals surface area contributed by atoms with Crippen LogP contribution in [0.1, 0.15) is 32.1 Å². The summed E-state index contributed by atoms with van der Waals surface area (Å²) in [5.41, 5.74) is 0.382. The average molecular weight is 246 g/mol. The SMILES string of the molecule is C=COC1C2C3CC4CC2CC(C4)(C3)C1OC=C. The maximum atomic E-state index is 5.92. The quantitative estimate of drug-likeness (QED) is 0.707. The summed E-state index contributed by atoms with van der Waals surface area (Å²) in [5, 5.41) is 0. The van der Waals surface area contributed by atoms with E-state index in [4.69, 9.17) is 9.47 Å². The Bertz CT molecular complexity index is 367. The van der Waals surface area contributed by atoms with E-state index in [0.29, 0.717) is 11.3 Å². The molecule has 0 N–H and O–H groups in total. The van der Waals surface area contributed by atoms with Crippen molar-refractivity contribution in [2.75, 3.05) is 0 Å². The minimum atomic E-state index is 0.216. The molecule has 18 heavy (non-hydrogen) atoms. The van der Waals surface area contributed by atoms with E-state index in [-0.39, 0.29) is 12.2 Å². The molecule has 0 aliphatic heterocycles. The molecule has 0 aromatic carbocycles. The van der Waals surface area contributed by atoms with Gasteiger partial charge in [0.1, 0.15) is 12.2 Å². The van der Waals surface area contributed by atoms with Gasteiger partial charge >= 0.3 is 0 Å². The van der Waals surface area contributed by atoms with E-state index in [1.165, 1.54) is 32.1 Å². The number of fused-ring (bicyclic) bond motifs is 1. The molecule has 4 atom stereocenters. The first-order valence-electron chi connectivity index (χ1n) is 7.30. The summed E-state index contributed by atoms with van der Waals surface area (Å²) in [5.74, 6) is 3.42. The standard InChI is InChI=1S/C16H22O2/c1-3-17-14-13-11-5-10-6-12(13)9-16(7-10,8-11)15(14)18-4-2/h3-4,10-15H,1-2,5-9H2. The maximum Gasteiger partial charge on any atom is 0.140 e. The molecule has 0 aromatic heterocycles. The fraction of sp³-hybridized carbons (Fsp3) is 0.750. The van der Waals surface area contributed by atoms with Gasteiger partial charge in [-0.05, 0) is 49.9 Å². The second-order valence-electron chi connectivity index (χ2n) is 6.90. The molecular formula is C16H22O2. The van der Waals surface area contributed by atoms with Crippen LogP contribution < -0.4 is 0 Å². The van der Waals surface area contributed by atoms with Gasteiger partial charge in [0.2, 0.25) is 0 Å². The predicted octanol–water partition coefficient (Wildman–Crippen LogP) is 3.50. The lowest BCUT2D eigenvalue weighted by Gasteiger charge is -2.68. The highest BCUT2D eigenvalue weighted by molar-refractivity contribution is 5.17. The highest BCUT2D eigenvalue weighted by Crippen LogP contribution is 2.69. The highest BCUT2D eigenvalue weighted by atomic mass is 16.5. The number of rotatable bonds is 4. The normalized spacial score (nSPS) is 55.3. The van der Waals surface area contributed by atoms with Gasteiger partial charge in [-0.3, -0.25) is 0 Å². The van der Waals surface area contributed by atoms with Crippen molar-refractivity contribution in [3.05, 3.63) is 25.7 Å². The maximum absolute atomic E-state index is 5.92. The molecule has 0 amide bonds. The van der Waals surface area contributed by atoms with Crippen LogP contribution in [0.15, 0.2) is 25.7 Å². The molecule has 5 bridgehead atoms. The summed E-state index contributed by atoms with van der Waals surface area (Å²) in [4.78, 5) is 0. The predicted molar refractivity (Wildman–Crippen MR) is 69.6 cm³/mol. The van der Waals surface area contributed by atoms with Crippen molar-refractivity contribution in [1.82, 2.24) is 0 Å². The summed E-state index contributed by atoms with van der Waals surface area (Å²) >= 11 is 0. The Kier molecular flexibility index (Phi) is 2.16. The number of hydrogen-bond acceptors (Lipinski definition) is 2. The molecule has 0 aromatic rings. The molecule has 6 aliphatic rings. The van der Waals surface area contributed by atoms with Crippen molar-refractivity contribution in [2.45, 2.75) is 44.3 Å². The van der Waals surface area contributed by atoms with Gasteiger partial charge in [0, 0.05) is 11.3 Å². The van der Waals surface area contributed by atoms with E-state index in [1.54, 1.807) is 12.5 Å². The van der Waals surface area contributed by atoms with E-state index in [0.717, 1.165) is 17.8 Å². The van der Waals surface area contributed by atoms with Crippen LogP contribution >= 0.6 is 0 Å². The molecular weight excluding hydrogens is 224 g/mol. The Hall–Kier alpha value is -0.920. The van der Waals surface area contributed by atoms with Gasteiger partial charge in [0.25, 0.3) is 0 Å². The Morgan fingerprint density at radius 3 is 2.22 bits per heavy atom. The molecule has 4 unspecified atom stereocenters. The second kappa shape index (κ2) is 3.55. The van der Waals surface area contributed by atoms with Crippen molar-refractivity contribution in [1.29, 1.82) is 0 Å². The third-order valence-electron chi connectivity index (χ3n) is 6.17. The molecule has 0 heterocycles. The van der Waals surface area contributed by atoms with E-state index in [1.807, 2.05) is 0 Å². The Balaban J connectivity index is 1.75. The monoisotopic (exact) mass is 246 g/mol. The average Bonchev–Trinajstić information content (AvgIpc) is 2.32. The molecule has 2 nitrogen and oxygen atoms in total. The summed E-state index contributed by atoms with van der Waals surface area (Å²) < 4.78 is 11.8. The Morgan fingerprint density at radius 1 is 0.944 bits per heavy atom. The molecule has 98 valence electrons. The van der Waals surface area contributed by atoms with Crippen LogP contribution in [0.25, 0.3) is 0 Å². The summed E-state index contributed by atoms with van der Waals surface area (Å²) in [6.45, 7) is 7.52. The molecule has 1 spiro atoms. The number of hydrogen-bond donors (Lipinski definition) is 0. The van der Waals surface area contributed by atoms with Crippen molar-refractivity contribution in [2.24, 2.45) is 29.1 Å². The van der Waals surface area contributed by atoms with Gasteiger partial charge in [-0.1, -0.05) is 13.2 Å². The molecule has 6 saturated carbocycles. The van der Waals surface area contributed by atoms with Gasteiger partial charge in [0.15, 0.2) is 0 Å². The molecule has 2 heteroatoms. The smallest absolute Gasteiger partial charge is 0.140 e. The van der Waals surface area contributed by atoms with Crippen molar-refractivity contribution in [3.63, 3.8) is 0 Å². The fourth-order valence-electron chi connectivity index (χ4n) is 6.16. The summed E-state index contributed by atoms with van der Waals surface area (Å²) in [6, 6.07) is 0. The third-order valence-corrected chi connectivity index (χ3v) is 6.17. The van der Waals surface area contributed by atoms with Crippen molar-refractivity contribution in [3.8, 4) is 0 Å². The van der Waals surface area contributed by atoms with Crippen LogP contribution in [0.2, 0.25) is 0 Å². The van der Waals surface area contributed by atoms with Gasteiger partial charge in [-0.2, -0.15) is 0 Å². The van der Waals surface area contributed by atoms with E-state index in [9.17, 15) is 0 Å². The van der Waals surface area contributed by atoms with Gasteiger partial charge in [-0.15, -0.1) is 0 Å². The van der Waals surface area contributed by atoms with E-state index < -0.39 is 0 Å². The first kappa shape index (κ1) is 11.0. The minimum Gasteiger partial charge on any atom is -0.494 e. The van der Waals surface area contributed by atoms with E-state index >= 15 is 0 Å².